The van der Waals surface area contributed by atoms with Gasteiger partial charge in [0.15, 0.2) is 5.82 Å². The SMILES string of the molecule is CC(Sc1nnc(-c2ccc(C(C)(C)C)cc2)n1N)C(=O)O. The number of carboxylic acids is 1. The Morgan fingerprint density at radius 2 is 1.86 bits per heavy atom. The van der Waals surface area contributed by atoms with Gasteiger partial charge in [-0.1, -0.05) is 56.8 Å². The minimum absolute atomic E-state index is 0.0762. The van der Waals surface area contributed by atoms with Gasteiger partial charge in [0.25, 0.3) is 0 Å². The summed E-state index contributed by atoms with van der Waals surface area (Å²) in [6, 6.07) is 7.97. The third-order valence-corrected chi connectivity index (χ3v) is 4.35. The summed E-state index contributed by atoms with van der Waals surface area (Å²) in [5, 5.41) is 16.7. The zero-order valence-corrected chi connectivity index (χ0v) is 13.9. The first-order chi connectivity index (χ1) is 10.2. The lowest BCUT2D eigenvalue weighted by atomic mass is 9.87. The number of hydrogen-bond acceptors (Lipinski definition) is 5. The molecule has 0 bridgehead atoms. The zero-order valence-electron chi connectivity index (χ0n) is 13.1. The summed E-state index contributed by atoms with van der Waals surface area (Å²) >= 11 is 1.07. The highest BCUT2D eigenvalue weighted by molar-refractivity contribution is 8.00. The summed E-state index contributed by atoms with van der Waals surface area (Å²) in [6.07, 6.45) is 0. The normalized spacial score (nSPS) is 13.1. The van der Waals surface area contributed by atoms with Crippen LogP contribution >= 0.6 is 11.8 Å². The van der Waals surface area contributed by atoms with Crippen LogP contribution in [0, 0.1) is 0 Å². The van der Waals surface area contributed by atoms with Crippen molar-refractivity contribution in [3.63, 3.8) is 0 Å². The van der Waals surface area contributed by atoms with E-state index in [2.05, 4.69) is 31.0 Å². The Kier molecular flexibility index (Phi) is 4.46. The number of benzene rings is 1. The number of nitrogen functional groups attached to an aromatic ring is 1. The predicted octanol–water partition coefficient (Wildman–Crippen LogP) is 2.52. The molecule has 1 heterocycles. The van der Waals surface area contributed by atoms with Gasteiger partial charge in [-0.05, 0) is 17.9 Å². The number of nitrogens with zero attached hydrogens (tertiary/aromatic N) is 3. The Bertz CT molecular complexity index is 674. The standard InChI is InChI=1S/C15H20N4O2S/c1-9(13(20)21)22-14-18-17-12(19(14)16)10-5-7-11(8-6-10)15(2,3)4/h5-9H,16H2,1-4H3,(H,20,21). The number of nitrogens with two attached hydrogens (primary N) is 1. The van der Waals surface area contributed by atoms with Crippen molar-refractivity contribution in [1.82, 2.24) is 14.9 Å². The van der Waals surface area contributed by atoms with Crippen LogP contribution < -0.4 is 5.84 Å². The molecule has 0 fully saturated rings. The molecule has 2 rings (SSSR count). The highest BCUT2D eigenvalue weighted by Gasteiger charge is 2.19. The molecule has 0 aliphatic carbocycles. The van der Waals surface area contributed by atoms with E-state index in [1.807, 2.05) is 24.3 Å². The highest BCUT2D eigenvalue weighted by Crippen LogP contribution is 2.27. The Morgan fingerprint density at radius 3 is 2.36 bits per heavy atom. The lowest BCUT2D eigenvalue weighted by molar-refractivity contribution is -0.136. The Morgan fingerprint density at radius 1 is 1.27 bits per heavy atom. The molecule has 3 N–H and O–H groups in total. The smallest absolute Gasteiger partial charge is 0.316 e. The van der Waals surface area contributed by atoms with Crippen LogP contribution in [-0.4, -0.2) is 31.2 Å². The third kappa shape index (κ3) is 3.41. The maximum Gasteiger partial charge on any atom is 0.316 e. The van der Waals surface area contributed by atoms with Crippen molar-refractivity contribution < 1.29 is 9.90 Å². The second kappa shape index (κ2) is 6.00. The highest BCUT2D eigenvalue weighted by atomic mass is 32.2. The summed E-state index contributed by atoms with van der Waals surface area (Å²) in [5.41, 5.74) is 2.14. The number of carbonyl (C=O) groups is 1. The fraction of sp³-hybridized carbons (Fsp3) is 0.400. The molecular formula is C15H20N4O2S. The fourth-order valence-corrected chi connectivity index (χ4v) is 2.59. The molecule has 2 aromatic rings. The minimum Gasteiger partial charge on any atom is -0.480 e. The lowest BCUT2D eigenvalue weighted by Crippen LogP contribution is -2.16. The van der Waals surface area contributed by atoms with E-state index in [0.29, 0.717) is 11.0 Å². The van der Waals surface area contributed by atoms with E-state index in [4.69, 9.17) is 10.9 Å². The van der Waals surface area contributed by atoms with Crippen LogP contribution in [0.25, 0.3) is 11.4 Å². The van der Waals surface area contributed by atoms with Crippen LogP contribution in [-0.2, 0) is 10.2 Å². The van der Waals surface area contributed by atoms with Gasteiger partial charge in [-0.25, -0.2) is 4.68 Å². The number of carboxylic acid groups (broad SMARTS) is 1. The van der Waals surface area contributed by atoms with E-state index in [0.717, 1.165) is 17.3 Å². The van der Waals surface area contributed by atoms with Crippen molar-refractivity contribution >= 4 is 17.7 Å². The van der Waals surface area contributed by atoms with Crippen molar-refractivity contribution in [2.45, 2.75) is 43.5 Å². The average Bonchev–Trinajstić information content (AvgIpc) is 2.79. The zero-order chi connectivity index (χ0) is 16.5. The van der Waals surface area contributed by atoms with Gasteiger partial charge in [0, 0.05) is 5.56 Å². The van der Waals surface area contributed by atoms with Gasteiger partial charge < -0.3 is 10.9 Å². The number of thioether (sulfide) groups is 1. The lowest BCUT2D eigenvalue weighted by Gasteiger charge is -2.19. The molecule has 0 amide bonds. The quantitative estimate of drug-likeness (QED) is 0.664. The second-order valence-corrected chi connectivity index (χ2v) is 7.41. The van der Waals surface area contributed by atoms with E-state index in [9.17, 15) is 4.79 Å². The summed E-state index contributed by atoms with van der Waals surface area (Å²) in [7, 11) is 0. The molecule has 1 unspecified atom stereocenters. The van der Waals surface area contributed by atoms with Crippen LogP contribution in [0.4, 0.5) is 0 Å². The van der Waals surface area contributed by atoms with Crippen LogP contribution in [0.5, 0.6) is 0 Å². The van der Waals surface area contributed by atoms with Gasteiger partial charge in [-0.2, -0.15) is 0 Å². The molecule has 0 aliphatic rings. The molecule has 0 saturated heterocycles. The fourth-order valence-electron chi connectivity index (χ4n) is 1.88. The van der Waals surface area contributed by atoms with Crippen molar-refractivity contribution in [2.75, 3.05) is 5.84 Å². The molecule has 7 heteroatoms. The molecule has 1 atom stereocenters. The summed E-state index contributed by atoms with van der Waals surface area (Å²) in [4.78, 5) is 10.9. The third-order valence-electron chi connectivity index (χ3n) is 3.30. The van der Waals surface area contributed by atoms with Gasteiger partial charge in [0.2, 0.25) is 5.16 Å². The molecule has 6 nitrogen and oxygen atoms in total. The molecule has 0 spiro atoms. The van der Waals surface area contributed by atoms with E-state index >= 15 is 0 Å². The molecule has 0 radical (unpaired) electrons. The van der Waals surface area contributed by atoms with Crippen LogP contribution in [0.1, 0.15) is 33.3 Å². The molecule has 0 aliphatic heterocycles. The molecular weight excluding hydrogens is 300 g/mol. The summed E-state index contributed by atoms with van der Waals surface area (Å²) in [6.45, 7) is 8.03. The van der Waals surface area contributed by atoms with Gasteiger partial charge in [-0.3, -0.25) is 4.79 Å². The van der Waals surface area contributed by atoms with Crippen molar-refractivity contribution in [3.8, 4) is 11.4 Å². The number of aromatic nitrogens is 3. The topological polar surface area (TPSA) is 94.0 Å². The first-order valence-electron chi connectivity index (χ1n) is 6.91. The first kappa shape index (κ1) is 16.4. The van der Waals surface area contributed by atoms with Crippen molar-refractivity contribution in [3.05, 3.63) is 29.8 Å². The predicted molar refractivity (Wildman–Crippen MR) is 87.3 cm³/mol. The van der Waals surface area contributed by atoms with E-state index in [-0.39, 0.29) is 5.41 Å². The average molecular weight is 320 g/mol. The second-order valence-electron chi connectivity index (χ2n) is 6.10. The Labute approximate surface area is 133 Å². The maximum atomic E-state index is 10.9. The maximum absolute atomic E-state index is 10.9. The molecule has 0 saturated carbocycles. The summed E-state index contributed by atoms with van der Waals surface area (Å²) in [5.74, 6) is 5.59. The Balaban J connectivity index is 2.27. The Hall–Kier alpha value is -2.02. The van der Waals surface area contributed by atoms with Gasteiger partial charge in [0.1, 0.15) is 5.25 Å². The van der Waals surface area contributed by atoms with Gasteiger partial charge in [-0.15, -0.1) is 10.2 Å². The van der Waals surface area contributed by atoms with Gasteiger partial charge in [0.05, 0.1) is 0 Å². The van der Waals surface area contributed by atoms with E-state index < -0.39 is 11.2 Å². The number of aliphatic carboxylic acids is 1. The van der Waals surface area contributed by atoms with Crippen molar-refractivity contribution in [2.24, 2.45) is 0 Å². The largest absolute Gasteiger partial charge is 0.480 e. The number of rotatable bonds is 4. The molecule has 22 heavy (non-hydrogen) atoms. The van der Waals surface area contributed by atoms with Crippen molar-refractivity contribution in [1.29, 1.82) is 0 Å². The molecule has 1 aromatic heterocycles. The first-order valence-corrected chi connectivity index (χ1v) is 7.79. The van der Waals surface area contributed by atoms with Crippen LogP contribution in [0.2, 0.25) is 0 Å². The number of hydrogen-bond donors (Lipinski definition) is 2. The minimum atomic E-state index is -0.913. The molecule has 1 aromatic carbocycles. The van der Waals surface area contributed by atoms with E-state index in [1.165, 1.54) is 10.2 Å². The van der Waals surface area contributed by atoms with Crippen LogP contribution in [0.15, 0.2) is 29.4 Å². The van der Waals surface area contributed by atoms with E-state index in [1.54, 1.807) is 6.92 Å². The van der Waals surface area contributed by atoms with Crippen LogP contribution in [0.3, 0.4) is 0 Å². The molecule has 118 valence electrons. The summed E-state index contributed by atoms with van der Waals surface area (Å²) < 4.78 is 1.33. The van der Waals surface area contributed by atoms with Gasteiger partial charge >= 0.3 is 5.97 Å². The monoisotopic (exact) mass is 320 g/mol.